The highest BCUT2D eigenvalue weighted by molar-refractivity contribution is 6.00. The predicted molar refractivity (Wildman–Crippen MR) is 141 cm³/mol. The Bertz CT molecular complexity index is 1270. The summed E-state index contributed by atoms with van der Waals surface area (Å²) in [5.41, 5.74) is 1.26. The molecule has 0 radical (unpaired) electrons. The molecule has 2 aromatic carbocycles. The second-order valence-electron chi connectivity index (χ2n) is 10.3. The van der Waals surface area contributed by atoms with Gasteiger partial charge in [-0.3, -0.25) is 29.0 Å². The molecule has 1 unspecified atom stereocenters. The van der Waals surface area contributed by atoms with Crippen LogP contribution in [0.3, 0.4) is 0 Å². The molecule has 3 aliphatic heterocycles. The van der Waals surface area contributed by atoms with Crippen molar-refractivity contribution in [3.63, 3.8) is 0 Å². The van der Waals surface area contributed by atoms with E-state index < -0.39 is 54.0 Å². The summed E-state index contributed by atoms with van der Waals surface area (Å²) in [5.74, 6) is -2.78. The van der Waals surface area contributed by atoms with Crippen molar-refractivity contribution in [1.29, 1.82) is 0 Å². The molecular formula is C29H32N4O7. The van der Waals surface area contributed by atoms with Gasteiger partial charge in [-0.2, -0.15) is 0 Å². The molecule has 3 saturated heterocycles. The van der Waals surface area contributed by atoms with E-state index in [-0.39, 0.29) is 31.9 Å². The lowest BCUT2D eigenvalue weighted by atomic mass is 9.96. The summed E-state index contributed by atoms with van der Waals surface area (Å²) in [5, 5.41) is 8.11. The standard InChI is InChI=1S/C29H32N4O7/c1-18-15-23(34)32-14-8-13-22(33(32)28(38)25(18)31-26(36)20-11-6-3-7-12-20)27(37)30-21-16-24(35)40-29(21)39-17-19-9-4-2-5-10-19/h2-7,9-12,18,21-22,25,29H,8,13-17H2,1H3,(H,30,37)(H,31,36)/t18-,21-,22-,25-,29?/m0/s1. The Morgan fingerprint density at radius 2 is 1.68 bits per heavy atom. The molecule has 2 N–H and O–H groups in total. The fourth-order valence-corrected chi connectivity index (χ4v) is 5.33. The molecule has 11 heteroatoms. The van der Waals surface area contributed by atoms with Gasteiger partial charge in [-0.15, -0.1) is 0 Å². The highest BCUT2D eigenvalue weighted by Gasteiger charge is 2.48. The molecule has 5 rings (SSSR count). The van der Waals surface area contributed by atoms with Crippen LogP contribution in [-0.4, -0.2) is 70.6 Å². The number of nitrogens with one attached hydrogen (secondary N) is 2. The number of carbonyl (C=O) groups excluding carboxylic acids is 5. The van der Waals surface area contributed by atoms with Gasteiger partial charge in [-0.1, -0.05) is 55.5 Å². The third-order valence-electron chi connectivity index (χ3n) is 7.42. The van der Waals surface area contributed by atoms with Crippen molar-refractivity contribution < 1.29 is 33.4 Å². The molecule has 210 valence electrons. The number of benzene rings is 2. The third-order valence-corrected chi connectivity index (χ3v) is 7.42. The van der Waals surface area contributed by atoms with Gasteiger partial charge < -0.3 is 20.1 Å². The molecule has 0 aliphatic carbocycles. The van der Waals surface area contributed by atoms with Crippen molar-refractivity contribution in [3.8, 4) is 0 Å². The van der Waals surface area contributed by atoms with Gasteiger partial charge in [-0.05, 0) is 36.5 Å². The molecule has 3 fully saturated rings. The third kappa shape index (κ3) is 5.84. The second kappa shape index (κ2) is 11.9. The maximum absolute atomic E-state index is 13.9. The van der Waals surface area contributed by atoms with E-state index in [2.05, 4.69) is 10.6 Å². The van der Waals surface area contributed by atoms with E-state index in [1.54, 1.807) is 37.3 Å². The molecule has 11 nitrogen and oxygen atoms in total. The molecular weight excluding hydrogens is 516 g/mol. The quantitative estimate of drug-likeness (QED) is 0.501. The monoisotopic (exact) mass is 548 g/mol. The minimum Gasteiger partial charge on any atom is -0.433 e. The Labute approximate surface area is 231 Å². The highest BCUT2D eigenvalue weighted by atomic mass is 16.7. The van der Waals surface area contributed by atoms with Crippen molar-refractivity contribution in [3.05, 3.63) is 71.8 Å². The summed E-state index contributed by atoms with van der Waals surface area (Å²) in [6, 6.07) is 15.1. The highest BCUT2D eigenvalue weighted by Crippen LogP contribution is 2.28. The zero-order valence-electron chi connectivity index (χ0n) is 22.2. The molecule has 0 spiro atoms. The first kappa shape index (κ1) is 27.3. The van der Waals surface area contributed by atoms with Crippen molar-refractivity contribution in [2.45, 2.75) is 63.6 Å². The Morgan fingerprint density at radius 1 is 0.975 bits per heavy atom. The maximum Gasteiger partial charge on any atom is 0.310 e. The number of carbonyl (C=O) groups is 5. The van der Waals surface area contributed by atoms with Crippen LogP contribution in [0.15, 0.2) is 60.7 Å². The van der Waals surface area contributed by atoms with E-state index in [1.165, 1.54) is 10.0 Å². The number of ether oxygens (including phenoxy) is 2. The average Bonchev–Trinajstić information content (AvgIpc) is 3.29. The molecule has 2 aromatic rings. The van der Waals surface area contributed by atoms with E-state index in [4.69, 9.17) is 9.47 Å². The zero-order valence-corrected chi connectivity index (χ0v) is 22.2. The van der Waals surface area contributed by atoms with Crippen LogP contribution in [0.1, 0.15) is 48.5 Å². The first-order valence-corrected chi connectivity index (χ1v) is 13.5. The average molecular weight is 549 g/mol. The van der Waals surface area contributed by atoms with Crippen LogP contribution < -0.4 is 10.6 Å². The van der Waals surface area contributed by atoms with E-state index >= 15 is 0 Å². The summed E-state index contributed by atoms with van der Waals surface area (Å²) >= 11 is 0. The smallest absolute Gasteiger partial charge is 0.310 e. The van der Waals surface area contributed by atoms with Crippen LogP contribution in [-0.2, 0) is 35.3 Å². The minimum atomic E-state index is -1.01. The topological polar surface area (TPSA) is 134 Å². The fourth-order valence-electron chi connectivity index (χ4n) is 5.33. The summed E-state index contributed by atoms with van der Waals surface area (Å²) in [6.07, 6.45) is -0.211. The largest absolute Gasteiger partial charge is 0.433 e. The molecule has 0 saturated carbocycles. The van der Waals surface area contributed by atoms with Gasteiger partial charge in [-0.25, -0.2) is 5.01 Å². The van der Waals surface area contributed by atoms with Crippen molar-refractivity contribution in [1.82, 2.24) is 20.7 Å². The lowest BCUT2D eigenvalue weighted by Crippen LogP contribution is -2.64. The molecule has 3 heterocycles. The number of fused-ring (bicyclic) bond motifs is 1. The Hall–Kier alpha value is -4.25. The number of hydrogen-bond acceptors (Lipinski definition) is 7. The van der Waals surface area contributed by atoms with E-state index in [0.29, 0.717) is 18.4 Å². The van der Waals surface area contributed by atoms with Crippen LogP contribution in [0, 0.1) is 5.92 Å². The van der Waals surface area contributed by atoms with E-state index in [1.807, 2.05) is 30.3 Å². The number of nitrogens with zero attached hydrogens (tertiary/aromatic N) is 2. The Kier molecular flexibility index (Phi) is 8.11. The number of esters is 1. The van der Waals surface area contributed by atoms with Crippen LogP contribution in [0.5, 0.6) is 0 Å². The van der Waals surface area contributed by atoms with Crippen LogP contribution in [0.2, 0.25) is 0 Å². The number of rotatable bonds is 7. The van der Waals surface area contributed by atoms with Crippen LogP contribution in [0.4, 0.5) is 0 Å². The number of amides is 4. The van der Waals surface area contributed by atoms with Crippen LogP contribution >= 0.6 is 0 Å². The Morgan fingerprint density at radius 3 is 2.40 bits per heavy atom. The van der Waals surface area contributed by atoms with Gasteiger partial charge in [0.15, 0.2) is 0 Å². The fraction of sp³-hybridized carbons (Fsp3) is 0.414. The number of cyclic esters (lactones) is 1. The number of hydrogen-bond donors (Lipinski definition) is 2. The minimum absolute atomic E-state index is 0.0384. The van der Waals surface area contributed by atoms with Gasteiger partial charge in [0, 0.05) is 18.5 Å². The lowest BCUT2D eigenvalue weighted by molar-refractivity contribution is -0.177. The SMILES string of the molecule is C[C@H]1CC(=O)N2CCC[C@@H](C(=O)N[C@H]3CC(=O)OC3OCc3ccccc3)N2C(=O)[C@H]1NC(=O)c1ccccc1. The predicted octanol–water partition coefficient (Wildman–Crippen LogP) is 1.53. The number of hydrazine groups is 1. The Balaban J connectivity index is 1.31. The normalized spacial score (nSPS) is 26.5. The molecule has 5 atom stereocenters. The summed E-state index contributed by atoms with van der Waals surface area (Å²) < 4.78 is 11.1. The summed E-state index contributed by atoms with van der Waals surface area (Å²) in [7, 11) is 0. The van der Waals surface area contributed by atoms with Crippen molar-refractivity contribution >= 4 is 29.6 Å². The van der Waals surface area contributed by atoms with E-state index in [9.17, 15) is 24.0 Å². The summed E-state index contributed by atoms with van der Waals surface area (Å²) in [4.78, 5) is 65.6. The molecule has 40 heavy (non-hydrogen) atoms. The van der Waals surface area contributed by atoms with E-state index in [0.717, 1.165) is 5.56 Å². The molecule has 0 bridgehead atoms. The van der Waals surface area contributed by atoms with Crippen LogP contribution in [0.25, 0.3) is 0 Å². The van der Waals surface area contributed by atoms with Gasteiger partial charge in [0.1, 0.15) is 18.1 Å². The first-order chi connectivity index (χ1) is 19.3. The summed E-state index contributed by atoms with van der Waals surface area (Å²) in [6.45, 7) is 2.20. The van der Waals surface area contributed by atoms with Gasteiger partial charge in [0.25, 0.3) is 11.8 Å². The molecule has 0 aromatic heterocycles. The van der Waals surface area contributed by atoms with Gasteiger partial charge in [0.2, 0.25) is 18.1 Å². The first-order valence-electron chi connectivity index (χ1n) is 13.5. The van der Waals surface area contributed by atoms with Crippen molar-refractivity contribution in [2.75, 3.05) is 6.54 Å². The van der Waals surface area contributed by atoms with Gasteiger partial charge in [0.05, 0.1) is 13.0 Å². The zero-order chi connectivity index (χ0) is 28.2. The molecule has 3 aliphatic rings. The molecule has 4 amide bonds. The van der Waals surface area contributed by atoms with Gasteiger partial charge >= 0.3 is 5.97 Å². The lowest BCUT2D eigenvalue weighted by Gasteiger charge is -2.43. The maximum atomic E-state index is 13.9. The second-order valence-corrected chi connectivity index (χ2v) is 10.3. The van der Waals surface area contributed by atoms with Crippen molar-refractivity contribution in [2.24, 2.45) is 5.92 Å².